The van der Waals surface area contributed by atoms with Gasteiger partial charge in [-0.15, -0.1) is 0 Å². The second-order valence-electron chi connectivity index (χ2n) is 4.95. The zero-order valence-electron chi connectivity index (χ0n) is 12.5. The van der Waals surface area contributed by atoms with Gasteiger partial charge in [-0.3, -0.25) is 9.78 Å². The maximum Gasteiger partial charge on any atom is 0.389 e. The third-order valence-electron chi connectivity index (χ3n) is 3.29. The van der Waals surface area contributed by atoms with E-state index in [1.165, 1.54) is 16.9 Å². The van der Waals surface area contributed by atoms with E-state index in [9.17, 15) is 14.9 Å². The Kier molecular flexibility index (Phi) is 4.62. The maximum atomic E-state index is 12.7. The van der Waals surface area contributed by atoms with Crippen molar-refractivity contribution in [1.29, 1.82) is 0 Å². The van der Waals surface area contributed by atoms with Crippen molar-refractivity contribution >= 4 is 28.7 Å². The van der Waals surface area contributed by atoms with Gasteiger partial charge in [0.2, 0.25) is 0 Å². The Labute approximate surface area is 141 Å². The zero-order chi connectivity index (χ0) is 16.9. The summed E-state index contributed by atoms with van der Waals surface area (Å²) in [7, 11) is 0. The van der Waals surface area contributed by atoms with Gasteiger partial charge >= 0.3 is 5.82 Å². The monoisotopic (exact) mass is 343 g/mol. The number of amides is 1. The van der Waals surface area contributed by atoms with Gasteiger partial charge in [0, 0.05) is 6.20 Å². The first kappa shape index (κ1) is 15.8. The molecule has 0 N–H and O–H groups in total. The topological polar surface area (TPSA) is 94.2 Å². The largest absolute Gasteiger partial charge is 0.389 e. The molecule has 24 heavy (non-hydrogen) atoms. The number of nitrogens with zero attached hydrogens (tertiary/aromatic N) is 5. The first-order valence-corrected chi connectivity index (χ1v) is 7.97. The van der Waals surface area contributed by atoms with Gasteiger partial charge in [-0.25, -0.2) is 0 Å². The van der Waals surface area contributed by atoms with Gasteiger partial charge in [0.25, 0.3) is 5.91 Å². The summed E-state index contributed by atoms with van der Waals surface area (Å²) in [5.74, 6) is -0.513. The lowest BCUT2D eigenvalue weighted by atomic mass is 10.2. The molecule has 0 atom stereocenters. The van der Waals surface area contributed by atoms with E-state index >= 15 is 0 Å². The number of nitro groups is 1. The van der Waals surface area contributed by atoms with Crippen LogP contribution >= 0.6 is 11.3 Å². The molecule has 1 amide bonds. The molecule has 0 bridgehead atoms. The fourth-order valence-corrected chi connectivity index (χ4v) is 2.82. The van der Waals surface area contributed by atoms with Crippen LogP contribution in [0.1, 0.15) is 5.56 Å². The molecule has 0 unspecified atom stereocenters. The Morgan fingerprint density at radius 1 is 1.38 bits per heavy atom. The van der Waals surface area contributed by atoms with Crippen molar-refractivity contribution in [2.45, 2.75) is 13.1 Å². The number of pyridine rings is 1. The Morgan fingerprint density at radius 2 is 2.25 bits per heavy atom. The molecule has 0 saturated carbocycles. The maximum absolute atomic E-state index is 12.7. The summed E-state index contributed by atoms with van der Waals surface area (Å²) < 4.78 is 1.26. The summed E-state index contributed by atoms with van der Waals surface area (Å²) in [5, 5.41) is 18.4. The summed E-state index contributed by atoms with van der Waals surface area (Å²) in [5.41, 5.74) is 1.67. The Hall–Kier alpha value is -3.07. The van der Waals surface area contributed by atoms with E-state index in [1.807, 2.05) is 16.8 Å². The van der Waals surface area contributed by atoms with E-state index in [0.717, 1.165) is 5.56 Å². The fraction of sp³-hybridized carbons (Fsp3) is 0.133. The van der Waals surface area contributed by atoms with Crippen molar-refractivity contribution < 1.29 is 9.72 Å². The minimum Gasteiger partial charge on any atom is -0.358 e. The molecular formula is C15H13N5O3S. The van der Waals surface area contributed by atoms with Crippen LogP contribution in [0.5, 0.6) is 0 Å². The summed E-state index contributed by atoms with van der Waals surface area (Å²) in [4.78, 5) is 28.4. The lowest BCUT2D eigenvalue weighted by Crippen LogP contribution is -2.33. The normalized spacial score (nSPS) is 10.5. The molecule has 0 saturated heterocycles. The minimum absolute atomic E-state index is 0.0904. The molecule has 0 fully saturated rings. The standard InChI is InChI=1S/C15H13N5O3S/c21-15(10-18-6-3-14(17-18)20(22)23)19(9-12-4-7-24-11-12)13-2-1-5-16-8-13/h1-8,11H,9-10H2. The van der Waals surface area contributed by atoms with Crippen LogP contribution in [-0.2, 0) is 17.9 Å². The van der Waals surface area contributed by atoms with Crippen molar-refractivity contribution in [3.8, 4) is 0 Å². The van der Waals surface area contributed by atoms with Crippen molar-refractivity contribution in [2.75, 3.05) is 4.90 Å². The molecule has 0 aromatic carbocycles. The minimum atomic E-state index is -0.592. The third kappa shape index (κ3) is 3.63. The quantitative estimate of drug-likeness (QED) is 0.506. The molecule has 8 nitrogen and oxygen atoms in total. The highest BCUT2D eigenvalue weighted by atomic mass is 32.1. The van der Waals surface area contributed by atoms with Gasteiger partial charge in [0.1, 0.15) is 6.54 Å². The van der Waals surface area contributed by atoms with Crippen LogP contribution in [-0.4, -0.2) is 25.6 Å². The lowest BCUT2D eigenvalue weighted by molar-refractivity contribution is -0.389. The predicted molar refractivity (Wildman–Crippen MR) is 88.6 cm³/mol. The lowest BCUT2D eigenvalue weighted by Gasteiger charge is -2.21. The van der Waals surface area contributed by atoms with Crippen molar-refractivity contribution in [3.63, 3.8) is 0 Å². The number of hydrogen-bond acceptors (Lipinski definition) is 6. The number of rotatable bonds is 6. The molecule has 0 aliphatic carbocycles. The molecule has 0 radical (unpaired) electrons. The highest BCUT2D eigenvalue weighted by Gasteiger charge is 2.20. The number of thiophene rings is 1. The van der Waals surface area contributed by atoms with Gasteiger partial charge < -0.3 is 15.0 Å². The van der Waals surface area contributed by atoms with E-state index in [0.29, 0.717) is 12.2 Å². The molecule has 122 valence electrons. The van der Waals surface area contributed by atoms with Crippen LogP contribution in [0.15, 0.2) is 53.6 Å². The number of aromatic nitrogens is 3. The van der Waals surface area contributed by atoms with Gasteiger partial charge in [0.15, 0.2) is 0 Å². The predicted octanol–water partition coefficient (Wildman–Crippen LogP) is 2.48. The van der Waals surface area contributed by atoms with Crippen LogP contribution in [0.2, 0.25) is 0 Å². The molecule has 0 aliphatic heterocycles. The fourth-order valence-electron chi connectivity index (χ4n) is 2.16. The first-order chi connectivity index (χ1) is 11.6. The summed E-state index contributed by atoms with van der Waals surface area (Å²) in [6.45, 7) is 0.310. The van der Waals surface area contributed by atoms with E-state index in [4.69, 9.17) is 0 Å². The number of carbonyl (C=O) groups is 1. The number of anilines is 1. The van der Waals surface area contributed by atoms with Crippen molar-refractivity contribution in [2.24, 2.45) is 0 Å². The summed E-state index contributed by atoms with van der Waals surface area (Å²) in [6, 6.07) is 6.76. The second kappa shape index (κ2) is 7.01. The van der Waals surface area contributed by atoms with Crippen molar-refractivity contribution in [1.82, 2.24) is 14.8 Å². The molecule has 3 heterocycles. The molecule has 3 aromatic rings. The van der Waals surface area contributed by atoms with Gasteiger partial charge in [-0.05, 0) is 39.4 Å². The molecule has 0 aliphatic rings. The van der Waals surface area contributed by atoms with Crippen LogP contribution < -0.4 is 4.90 Å². The Morgan fingerprint density at radius 3 is 2.88 bits per heavy atom. The smallest absolute Gasteiger partial charge is 0.358 e. The molecule has 9 heteroatoms. The molecular weight excluding hydrogens is 330 g/mol. The van der Waals surface area contributed by atoms with Crippen LogP contribution in [0.3, 0.4) is 0 Å². The van der Waals surface area contributed by atoms with E-state index in [1.54, 1.807) is 40.8 Å². The van der Waals surface area contributed by atoms with Crippen LogP contribution in [0.25, 0.3) is 0 Å². The average Bonchev–Trinajstić information content (AvgIpc) is 3.25. The van der Waals surface area contributed by atoms with Gasteiger partial charge in [-0.2, -0.15) is 16.0 Å². The van der Waals surface area contributed by atoms with Crippen molar-refractivity contribution in [3.05, 3.63) is 69.3 Å². The van der Waals surface area contributed by atoms with Gasteiger partial charge in [0.05, 0.1) is 35.8 Å². The zero-order valence-corrected chi connectivity index (χ0v) is 13.3. The Bertz CT molecular complexity index is 832. The van der Waals surface area contributed by atoms with E-state index < -0.39 is 4.92 Å². The number of hydrogen-bond donors (Lipinski definition) is 0. The summed E-state index contributed by atoms with van der Waals surface area (Å²) >= 11 is 1.55. The SMILES string of the molecule is O=C(Cn1ccc([N+](=O)[O-])n1)N(Cc1ccsc1)c1cccnc1. The Balaban J connectivity index is 1.81. The third-order valence-corrected chi connectivity index (χ3v) is 4.02. The van der Waals surface area contributed by atoms with E-state index in [2.05, 4.69) is 10.1 Å². The molecule has 3 aromatic heterocycles. The molecule has 0 spiro atoms. The highest BCUT2D eigenvalue weighted by molar-refractivity contribution is 7.07. The van der Waals surface area contributed by atoms with Crippen LogP contribution in [0, 0.1) is 10.1 Å². The van der Waals surface area contributed by atoms with Crippen LogP contribution in [0.4, 0.5) is 11.5 Å². The summed E-state index contributed by atoms with van der Waals surface area (Å²) in [6.07, 6.45) is 4.66. The highest BCUT2D eigenvalue weighted by Crippen LogP contribution is 2.18. The van der Waals surface area contributed by atoms with Gasteiger partial charge in [-0.1, -0.05) is 0 Å². The second-order valence-corrected chi connectivity index (χ2v) is 5.73. The first-order valence-electron chi connectivity index (χ1n) is 7.03. The molecule has 3 rings (SSSR count). The number of carbonyl (C=O) groups excluding carboxylic acids is 1. The average molecular weight is 343 g/mol. The van der Waals surface area contributed by atoms with E-state index in [-0.39, 0.29) is 18.3 Å².